The van der Waals surface area contributed by atoms with E-state index < -0.39 is 17.5 Å². The van der Waals surface area contributed by atoms with E-state index in [0.717, 1.165) is 0 Å². The SMILES string of the molecule is Cc1cc(C(=O)NC2CCC(=O)CC2)c(F)cc1F. The molecule has 0 heterocycles. The van der Waals surface area contributed by atoms with E-state index in [-0.39, 0.29) is 23.0 Å². The zero-order valence-electron chi connectivity index (χ0n) is 10.6. The molecule has 0 aromatic heterocycles. The second kappa shape index (κ2) is 5.47. The molecule has 0 radical (unpaired) electrons. The third kappa shape index (κ3) is 3.16. The van der Waals surface area contributed by atoms with Crippen molar-refractivity contribution in [2.75, 3.05) is 0 Å². The molecule has 1 aromatic carbocycles. The number of aryl methyl sites for hydroxylation is 1. The van der Waals surface area contributed by atoms with Crippen molar-refractivity contribution in [2.24, 2.45) is 0 Å². The van der Waals surface area contributed by atoms with Gasteiger partial charge in [-0.1, -0.05) is 0 Å². The van der Waals surface area contributed by atoms with E-state index in [9.17, 15) is 18.4 Å². The zero-order chi connectivity index (χ0) is 14.0. The van der Waals surface area contributed by atoms with Gasteiger partial charge in [-0.3, -0.25) is 9.59 Å². The molecule has 1 aromatic rings. The van der Waals surface area contributed by atoms with Gasteiger partial charge in [0.25, 0.3) is 5.91 Å². The largest absolute Gasteiger partial charge is 0.349 e. The van der Waals surface area contributed by atoms with Gasteiger partial charge in [-0.25, -0.2) is 8.78 Å². The van der Waals surface area contributed by atoms with Gasteiger partial charge < -0.3 is 5.32 Å². The molecule has 102 valence electrons. The van der Waals surface area contributed by atoms with Crippen LogP contribution in [-0.4, -0.2) is 17.7 Å². The summed E-state index contributed by atoms with van der Waals surface area (Å²) in [5.41, 5.74) is 0.0705. The summed E-state index contributed by atoms with van der Waals surface area (Å²) in [6.07, 6.45) is 2.03. The molecular weight excluding hydrogens is 252 g/mol. The molecule has 1 aliphatic rings. The zero-order valence-corrected chi connectivity index (χ0v) is 10.6. The lowest BCUT2D eigenvalue weighted by Crippen LogP contribution is -2.38. The van der Waals surface area contributed by atoms with Crippen molar-refractivity contribution >= 4 is 11.7 Å². The van der Waals surface area contributed by atoms with E-state index in [4.69, 9.17) is 0 Å². The van der Waals surface area contributed by atoms with Gasteiger partial charge in [-0.15, -0.1) is 0 Å². The van der Waals surface area contributed by atoms with Gasteiger partial charge in [0, 0.05) is 24.9 Å². The maximum atomic E-state index is 13.5. The fraction of sp³-hybridized carbons (Fsp3) is 0.429. The Hall–Kier alpha value is -1.78. The van der Waals surface area contributed by atoms with Crippen LogP contribution >= 0.6 is 0 Å². The van der Waals surface area contributed by atoms with Crippen molar-refractivity contribution in [3.63, 3.8) is 0 Å². The van der Waals surface area contributed by atoms with Crippen LogP contribution in [0.1, 0.15) is 41.6 Å². The first-order valence-electron chi connectivity index (χ1n) is 6.25. The topological polar surface area (TPSA) is 46.2 Å². The molecule has 1 aliphatic carbocycles. The molecule has 1 amide bonds. The van der Waals surface area contributed by atoms with Gasteiger partial charge in [0.2, 0.25) is 0 Å². The average molecular weight is 267 g/mol. The molecule has 1 saturated carbocycles. The van der Waals surface area contributed by atoms with Gasteiger partial charge in [0.15, 0.2) is 0 Å². The summed E-state index contributed by atoms with van der Waals surface area (Å²) in [5, 5.41) is 2.69. The number of hydrogen-bond acceptors (Lipinski definition) is 2. The van der Waals surface area contributed by atoms with E-state index in [0.29, 0.717) is 31.7 Å². The maximum Gasteiger partial charge on any atom is 0.254 e. The Labute approximate surface area is 110 Å². The Kier molecular flexibility index (Phi) is 3.93. The van der Waals surface area contributed by atoms with Crippen LogP contribution in [0.15, 0.2) is 12.1 Å². The monoisotopic (exact) mass is 267 g/mol. The van der Waals surface area contributed by atoms with Crippen molar-refractivity contribution in [3.05, 3.63) is 34.9 Å². The fourth-order valence-corrected chi connectivity index (χ4v) is 2.18. The van der Waals surface area contributed by atoms with Crippen molar-refractivity contribution < 1.29 is 18.4 Å². The van der Waals surface area contributed by atoms with Gasteiger partial charge in [-0.05, 0) is 31.4 Å². The molecule has 1 fully saturated rings. The average Bonchev–Trinajstić information content (AvgIpc) is 2.36. The molecule has 0 bridgehead atoms. The van der Waals surface area contributed by atoms with Crippen LogP contribution in [0.4, 0.5) is 8.78 Å². The van der Waals surface area contributed by atoms with Crippen molar-refractivity contribution in [1.82, 2.24) is 5.32 Å². The van der Waals surface area contributed by atoms with Gasteiger partial charge in [-0.2, -0.15) is 0 Å². The Balaban J connectivity index is 2.08. The molecule has 2 rings (SSSR count). The van der Waals surface area contributed by atoms with Crippen LogP contribution < -0.4 is 5.32 Å². The normalized spacial score (nSPS) is 16.5. The number of halogens is 2. The summed E-state index contributed by atoms with van der Waals surface area (Å²) in [6.45, 7) is 1.48. The minimum atomic E-state index is -0.868. The summed E-state index contributed by atoms with van der Waals surface area (Å²) in [5.74, 6) is -1.90. The summed E-state index contributed by atoms with van der Waals surface area (Å²) in [6, 6.07) is 1.80. The quantitative estimate of drug-likeness (QED) is 0.895. The molecule has 3 nitrogen and oxygen atoms in total. The number of hydrogen-bond donors (Lipinski definition) is 1. The highest BCUT2D eigenvalue weighted by Gasteiger charge is 2.22. The third-order valence-electron chi connectivity index (χ3n) is 3.37. The number of carbonyl (C=O) groups excluding carboxylic acids is 2. The number of rotatable bonds is 2. The highest BCUT2D eigenvalue weighted by atomic mass is 19.1. The second-order valence-corrected chi connectivity index (χ2v) is 4.87. The van der Waals surface area contributed by atoms with Gasteiger partial charge in [0.05, 0.1) is 5.56 Å². The number of benzene rings is 1. The molecule has 1 N–H and O–H groups in total. The molecule has 0 aliphatic heterocycles. The molecule has 0 saturated heterocycles. The molecular formula is C14H15F2NO2. The molecule has 5 heteroatoms. The van der Waals surface area contributed by atoms with Crippen LogP contribution in [-0.2, 0) is 4.79 Å². The molecule has 0 spiro atoms. The number of carbonyl (C=O) groups is 2. The van der Waals surface area contributed by atoms with Crippen LogP contribution in [0.5, 0.6) is 0 Å². The molecule has 19 heavy (non-hydrogen) atoms. The highest BCUT2D eigenvalue weighted by molar-refractivity contribution is 5.95. The van der Waals surface area contributed by atoms with E-state index in [1.807, 2.05) is 0 Å². The van der Waals surface area contributed by atoms with Crippen molar-refractivity contribution in [2.45, 2.75) is 38.6 Å². The number of ketones is 1. The van der Waals surface area contributed by atoms with E-state index in [2.05, 4.69) is 5.32 Å². The predicted octanol–water partition coefficient (Wildman–Crippen LogP) is 2.51. The second-order valence-electron chi connectivity index (χ2n) is 4.87. The van der Waals surface area contributed by atoms with E-state index in [1.54, 1.807) is 0 Å². The molecule has 0 atom stereocenters. The minimum Gasteiger partial charge on any atom is -0.349 e. The standard InChI is InChI=1S/C14H15F2NO2/c1-8-6-11(13(16)7-12(8)15)14(19)17-9-2-4-10(18)5-3-9/h6-7,9H,2-5H2,1H3,(H,17,19). The number of nitrogens with one attached hydrogen (secondary N) is 1. The summed E-state index contributed by atoms with van der Waals surface area (Å²) in [7, 11) is 0. The van der Waals surface area contributed by atoms with Gasteiger partial charge in [0.1, 0.15) is 17.4 Å². The Morgan fingerprint density at radius 1 is 1.21 bits per heavy atom. The smallest absolute Gasteiger partial charge is 0.254 e. The van der Waals surface area contributed by atoms with Crippen molar-refractivity contribution in [3.8, 4) is 0 Å². The Bertz CT molecular complexity index is 518. The van der Waals surface area contributed by atoms with Gasteiger partial charge >= 0.3 is 0 Å². The summed E-state index contributed by atoms with van der Waals surface area (Å²) < 4.78 is 26.7. The van der Waals surface area contributed by atoms with Crippen LogP contribution in [0, 0.1) is 18.6 Å². The van der Waals surface area contributed by atoms with E-state index >= 15 is 0 Å². The first kappa shape index (κ1) is 13.6. The fourth-order valence-electron chi connectivity index (χ4n) is 2.18. The van der Waals surface area contributed by atoms with E-state index in [1.165, 1.54) is 13.0 Å². The first-order valence-corrected chi connectivity index (χ1v) is 6.25. The minimum absolute atomic E-state index is 0.116. The third-order valence-corrected chi connectivity index (χ3v) is 3.37. The Morgan fingerprint density at radius 3 is 2.47 bits per heavy atom. The van der Waals surface area contributed by atoms with Crippen LogP contribution in [0.2, 0.25) is 0 Å². The van der Waals surface area contributed by atoms with Crippen LogP contribution in [0.3, 0.4) is 0 Å². The summed E-state index contributed by atoms with van der Waals surface area (Å²) >= 11 is 0. The number of amides is 1. The predicted molar refractivity (Wildman–Crippen MR) is 65.8 cm³/mol. The molecule has 0 unspecified atom stereocenters. The van der Waals surface area contributed by atoms with Crippen LogP contribution in [0.25, 0.3) is 0 Å². The van der Waals surface area contributed by atoms with Crippen molar-refractivity contribution in [1.29, 1.82) is 0 Å². The lowest BCUT2D eigenvalue weighted by Gasteiger charge is -2.22. The highest BCUT2D eigenvalue weighted by Crippen LogP contribution is 2.17. The first-order chi connectivity index (χ1) is 8.97. The number of Topliss-reactive ketones (excluding diaryl/α,β-unsaturated/α-hetero) is 1. The Morgan fingerprint density at radius 2 is 1.84 bits per heavy atom. The maximum absolute atomic E-state index is 13.5. The lowest BCUT2D eigenvalue weighted by molar-refractivity contribution is -0.120. The summed E-state index contributed by atoms with van der Waals surface area (Å²) in [4.78, 5) is 23.0. The lowest BCUT2D eigenvalue weighted by atomic mass is 9.94.